The molecule has 0 unspecified atom stereocenters. The standard InChI is InChI=1S/C53H25N3/c1-2-3-4-5-6-7-8-9-10-11-12-13-14-15-16-17-18-27-42-55-52-33-26-25-32-50(52)51-43-47(38-41-53(51)55)44-54-56(48-30-23-20-24-31-48)49-39-36-46(37-40-49)35-34-45-28-21-19-22-29-45/h1,19-26,28-41,43-44H/b35-34+,54-44-. The van der Waals surface area contributed by atoms with E-state index in [-0.39, 0.29) is 0 Å². The summed E-state index contributed by atoms with van der Waals surface area (Å²) in [6.45, 7) is 0. The molecular weight excluding hydrogens is 679 g/mol. The van der Waals surface area contributed by atoms with Crippen LogP contribution in [0, 0.1) is 119 Å². The number of benzene rings is 5. The summed E-state index contributed by atoms with van der Waals surface area (Å²) in [6.07, 6.45) is 11.1. The lowest BCUT2D eigenvalue weighted by atomic mass is 10.1. The number of nitrogens with zero attached hydrogens (tertiary/aromatic N) is 3. The molecule has 1 aromatic heterocycles. The number of aromatic nitrogens is 1. The van der Waals surface area contributed by atoms with Gasteiger partial charge < -0.3 is 0 Å². The zero-order chi connectivity index (χ0) is 38.5. The Morgan fingerprint density at radius 2 is 0.893 bits per heavy atom. The Morgan fingerprint density at radius 1 is 0.429 bits per heavy atom. The minimum Gasteiger partial charge on any atom is -0.268 e. The highest BCUT2D eigenvalue weighted by Gasteiger charge is 2.11. The normalized spacial score (nSPS) is 9.05. The van der Waals surface area contributed by atoms with Gasteiger partial charge in [-0.1, -0.05) is 97.1 Å². The lowest BCUT2D eigenvalue weighted by Crippen LogP contribution is -2.09. The van der Waals surface area contributed by atoms with E-state index in [1.165, 1.54) is 0 Å². The SMILES string of the molecule is C#CC#CC#CC#CC#CC#CC#CC#CC#CC#Cn1c2ccccc2c2cc(/C=N\N(c3ccccc3)c3ccc(/C=C/c4ccccc4)cc3)ccc21. The second-order valence-electron chi connectivity index (χ2n) is 11.2. The molecule has 6 aromatic rings. The van der Waals surface area contributed by atoms with Gasteiger partial charge in [-0.05, 0) is 107 Å². The second-order valence-corrected chi connectivity index (χ2v) is 11.2. The van der Waals surface area contributed by atoms with Crippen LogP contribution < -0.4 is 5.01 Å². The first-order valence-electron chi connectivity index (χ1n) is 17.0. The van der Waals surface area contributed by atoms with Gasteiger partial charge in [0.1, 0.15) is 0 Å². The highest BCUT2D eigenvalue weighted by molar-refractivity contribution is 6.10. The number of fused-ring (bicyclic) bond motifs is 3. The minimum absolute atomic E-state index is 0.947. The van der Waals surface area contributed by atoms with Crippen molar-refractivity contribution >= 4 is 51.5 Å². The molecule has 0 spiro atoms. The molecule has 0 fully saturated rings. The van der Waals surface area contributed by atoms with Crippen molar-refractivity contribution in [3.05, 3.63) is 144 Å². The van der Waals surface area contributed by atoms with E-state index in [1.807, 2.05) is 88.6 Å². The highest BCUT2D eigenvalue weighted by atomic mass is 15.5. The zero-order valence-corrected chi connectivity index (χ0v) is 29.8. The van der Waals surface area contributed by atoms with Crippen molar-refractivity contribution in [3.63, 3.8) is 0 Å². The van der Waals surface area contributed by atoms with Gasteiger partial charge in [0.15, 0.2) is 0 Å². The van der Waals surface area contributed by atoms with Crippen molar-refractivity contribution < 1.29 is 0 Å². The average molecular weight is 704 g/mol. The molecule has 0 aliphatic rings. The predicted molar refractivity (Wildman–Crippen MR) is 232 cm³/mol. The van der Waals surface area contributed by atoms with Gasteiger partial charge in [0, 0.05) is 76.0 Å². The first-order chi connectivity index (χ1) is 27.8. The fraction of sp³-hybridized carbons (Fsp3) is 0. The van der Waals surface area contributed by atoms with Gasteiger partial charge in [-0.3, -0.25) is 4.57 Å². The Morgan fingerprint density at radius 3 is 1.50 bits per heavy atom. The average Bonchev–Trinajstić information content (AvgIpc) is 3.56. The molecule has 252 valence electrons. The predicted octanol–water partition coefficient (Wildman–Crippen LogP) is 8.61. The Kier molecular flexibility index (Phi) is 13.0. The largest absolute Gasteiger partial charge is 0.268 e. The third-order valence-electron chi connectivity index (χ3n) is 7.67. The minimum atomic E-state index is 0.947. The van der Waals surface area contributed by atoms with Crippen LogP contribution in [0.5, 0.6) is 0 Å². The van der Waals surface area contributed by atoms with Crippen LogP contribution in [0.2, 0.25) is 0 Å². The molecule has 0 amide bonds. The number of hydrogen-bond donors (Lipinski definition) is 0. The van der Waals surface area contributed by atoms with Gasteiger partial charge in [-0.2, -0.15) is 5.10 Å². The summed E-state index contributed by atoms with van der Waals surface area (Å²) in [6, 6.07) is 46.3. The molecule has 6 rings (SSSR count). The van der Waals surface area contributed by atoms with Crippen molar-refractivity contribution in [2.24, 2.45) is 5.10 Å². The van der Waals surface area contributed by atoms with Gasteiger partial charge in [0.25, 0.3) is 0 Å². The fourth-order valence-electron chi connectivity index (χ4n) is 5.24. The number of hydrazone groups is 1. The summed E-state index contributed by atoms with van der Waals surface area (Å²) < 4.78 is 1.94. The van der Waals surface area contributed by atoms with Crippen molar-refractivity contribution in [2.45, 2.75) is 0 Å². The van der Waals surface area contributed by atoms with E-state index in [0.717, 1.165) is 49.9 Å². The maximum Gasteiger partial charge on any atom is 0.0653 e. The number of rotatable bonds is 6. The topological polar surface area (TPSA) is 20.5 Å². The molecule has 3 heteroatoms. The van der Waals surface area contributed by atoms with E-state index in [2.05, 4.69) is 179 Å². The van der Waals surface area contributed by atoms with E-state index < -0.39 is 0 Å². The van der Waals surface area contributed by atoms with E-state index in [4.69, 9.17) is 11.5 Å². The van der Waals surface area contributed by atoms with E-state index >= 15 is 0 Å². The summed E-state index contributed by atoms with van der Waals surface area (Å²) in [5.41, 5.74) is 7.05. The molecule has 0 bridgehead atoms. The molecule has 5 aromatic carbocycles. The summed E-state index contributed by atoms with van der Waals surface area (Å²) in [4.78, 5) is 0. The number of hydrogen-bond acceptors (Lipinski definition) is 2. The molecule has 56 heavy (non-hydrogen) atoms. The van der Waals surface area contributed by atoms with Crippen molar-refractivity contribution in [1.82, 2.24) is 4.57 Å². The van der Waals surface area contributed by atoms with Crippen LogP contribution in [-0.4, -0.2) is 10.8 Å². The maximum atomic E-state index is 4.99. The molecule has 0 saturated heterocycles. The molecule has 1 heterocycles. The molecule has 0 radical (unpaired) electrons. The zero-order valence-electron chi connectivity index (χ0n) is 29.8. The van der Waals surface area contributed by atoms with Crippen LogP contribution in [0.25, 0.3) is 34.0 Å². The first kappa shape index (κ1) is 36.5. The fourth-order valence-corrected chi connectivity index (χ4v) is 5.24. The summed E-state index contributed by atoms with van der Waals surface area (Å²) in [5.74, 6) is 46.1. The van der Waals surface area contributed by atoms with E-state index in [9.17, 15) is 0 Å². The second kappa shape index (κ2) is 19.9. The maximum absolute atomic E-state index is 4.99. The molecule has 0 N–H and O–H groups in total. The molecule has 0 aliphatic carbocycles. The van der Waals surface area contributed by atoms with E-state index in [0.29, 0.717) is 0 Å². The number of terminal acetylenes is 1. The summed E-state index contributed by atoms with van der Waals surface area (Å²) in [7, 11) is 0. The summed E-state index contributed by atoms with van der Waals surface area (Å²) >= 11 is 0. The van der Waals surface area contributed by atoms with Crippen LogP contribution in [-0.2, 0) is 0 Å². The van der Waals surface area contributed by atoms with Crippen molar-refractivity contribution in [2.75, 3.05) is 5.01 Å². The molecule has 0 saturated carbocycles. The van der Waals surface area contributed by atoms with E-state index in [1.54, 1.807) is 0 Å². The molecule has 3 nitrogen and oxygen atoms in total. The van der Waals surface area contributed by atoms with Crippen molar-refractivity contribution in [1.29, 1.82) is 0 Å². The van der Waals surface area contributed by atoms with Crippen LogP contribution in [0.15, 0.2) is 132 Å². The Bertz CT molecular complexity index is 3120. The smallest absolute Gasteiger partial charge is 0.0653 e. The Balaban J connectivity index is 1.18. The Hall–Kier alpha value is -9.29. The molecule has 0 aliphatic heterocycles. The van der Waals surface area contributed by atoms with Gasteiger partial charge in [-0.25, -0.2) is 5.01 Å². The first-order valence-corrected chi connectivity index (χ1v) is 17.0. The van der Waals surface area contributed by atoms with Crippen LogP contribution in [0.4, 0.5) is 11.4 Å². The third-order valence-corrected chi connectivity index (χ3v) is 7.67. The van der Waals surface area contributed by atoms with Gasteiger partial charge >= 0.3 is 0 Å². The number of para-hydroxylation sites is 2. The van der Waals surface area contributed by atoms with Gasteiger partial charge in [0.2, 0.25) is 0 Å². The van der Waals surface area contributed by atoms with Crippen LogP contribution >= 0.6 is 0 Å². The quantitative estimate of drug-likeness (QED) is 0.0737. The van der Waals surface area contributed by atoms with Gasteiger partial charge in [-0.15, -0.1) is 6.42 Å². The third kappa shape index (κ3) is 10.4. The molecular formula is C53H25N3. The van der Waals surface area contributed by atoms with Gasteiger partial charge in [0.05, 0.1) is 28.6 Å². The Labute approximate surface area is 328 Å². The molecule has 0 atom stereocenters. The van der Waals surface area contributed by atoms with Crippen LogP contribution in [0.3, 0.4) is 0 Å². The van der Waals surface area contributed by atoms with Crippen molar-refractivity contribution in [3.8, 4) is 119 Å². The van der Waals surface area contributed by atoms with Crippen LogP contribution in [0.1, 0.15) is 16.7 Å². The summed E-state index contributed by atoms with van der Waals surface area (Å²) in [5, 5.41) is 9.04. The highest BCUT2D eigenvalue weighted by Crippen LogP contribution is 2.30. The lowest BCUT2D eigenvalue weighted by molar-refractivity contribution is 1.09. The lowest BCUT2D eigenvalue weighted by Gasteiger charge is -2.19. The monoisotopic (exact) mass is 703 g/mol. The number of anilines is 2.